The second kappa shape index (κ2) is 10.2. The van der Waals surface area contributed by atoms with Gasteiger partial charge in [-0.25, -0.2) is 0 Å². The second-order valence-corrected chi connectivity index (χ2v) is 8.24. The number of benzene rings is 1. The van der Waals surface area contributed by atoms with E-state index < -0.39 is 0 Å². The highest BCUT2D eigenvalue weighted by atomic mass is 16.5. The van der Waals surface area contributed by atoms with Crippen LogP contribution in [0.5, 0.6) is 0 Å². The van der Waals surface area contributed by atoms with Gasteiger partial charge in [0.25, 0.3) is 0 Å². The van der Waals surface area contributed by atoms with Crippen molar-refractivity contribution in [1.29, 1.82) is 0 Å². The molecule has 3 atom stereocenters. The van der Waals surface area contributed by atoms with E-state index in [2.05, 4.69) is 63.0 Å². The molecular formula is C25H31N3O2. The van der Waals surface area contributed by atoms with Gasteiger partial charge in [-0.2, -0.15) is 0 Å². The van der Waals surface area contributed by atoms with E-state index in [0.717, 1.165) is 31.7 Å². The number of hydrogen-bond donors (Lipinski definition) is 1. The van der Waals surface area contributed by atoms with Gasteiger partial charge in [0.05, 0.1) is 6.61 Å². The minimum atomic E-state index is 0.209. The van der Waals surface area contributed by atoms with E-state index in [4.69, 9.17) is 4.74 Å². The molecule has 2 aliphatic heterocycles. The molecule has 4 rings (SSSR count). The average molecular weight is 406 g/mol. The molecule has 0 unspecified atom stereocenters. The van der Waals surface area contributed by atoms with E-state index in [1.807, 2.05) is 12.4 Å². The van der Waals surface area contributed by atoms with Crippen molar-refractivity contribution in [1.82, 2.24) is 14.8 Å². The largest absolute Gasteiger partial charge is 0.395 e. The molecule has 3 heterocycles. The van der Waals surface area contributed by atoms with Crippen LogP contribution in [0.25, 0.3) is 0 Å². The Balaban J connectivity index is 1.50. The van der Waals surface area contributed by atoms with Crippen molar-refractivity contribution in [3.05, 3.63) is 65.5 Å². The smallest absolute Gasteiger partial charge is 0.107 e. The minimum absolute atomic E-state index is 0.209. The minimum Gasteiger partial charge on any atom is -0.395 e. The highest BCUT2D eigenvalue weighted by Gasteiger charge is 2.48. The van der Waals surface area contributed by atoms with Crippen LogP contribution in [-0.4, -0.2) is 71.9 Å². The first-order valence-electron chi connectivity index (χ1n) is 10.9. The summed E-state index contributed by atoms with van der Waals surface area (Å²) in [6.45, 7) is 4.84. The number of fused-ring (bicyclic) bond motifs is 1. The van der Waals surface area contributed by atoms with Crippen LogP contribution in [0.2, 0.25) is 0 Å². The Morgan fingerprint density at radius 3 is 2.60 bits per heavy atom. The van der Waals surface area contributed by atoms with Crippen molar-refractivity contribution in [3.8, 4) is 11.8 Å². The van der Waals surface area contributed by atoms with Crippen LogP contribution in [0.1, 0.15) is 35.4 Å². The Hall–Kier alpha value is -2.23. The van der Waals surface area contributed by atoms with E-state index in [1.165, 1.54) is 24.0 Å². The molecule has 1 aromatic carbocycles. The zero-order valence-corrected chi connectivity index (χ0v) is 17.7. The molecule has 2 saturated heterocycles. The highest BCUT2D eigenvalue weighted by Crippen LogP contribution is 2.42. The third kappa shape index (κ3) is 4.74. The monoisotopic (exact) mass is 405 g/mol. The zero-order valence-electron chi connectivity index (χ0n) is 17.7. The van der Waals surface area contributed by atoms with Gasteiger partial charge in [-0.3, -0.25) is 14.8 Å². The number of methoxy groups -OCH3 is 1. The lowest BCUT2D eigenvalue weighted by molar-refractivity contribution is -0.0655. The number of aliphatic hydroxyl groups excluding tert-OH is 1. The zero-order chi connectivity index (χ0) is 20.8. The Morgan fingerprint density at radius 1 is 1.10 bits per heavy atom. The Labute approximate surface area is 179 Å². The molecule has 2 fully saturated rings. The average Bonchev–Trinajstić information content (AvgIpc) is 2.76. The van der Waals surface area contributed by atoms with Gasteiger partial charge in [0.2, 0.25) is 0 Å². The number of aromatic nitrogens is 1. The Bertz CT molecular complexity index is 859. The maximum Gasteiger partial charge on any atom is 0.107 e. The molecule has 5 heteroatoms. The van der Waals surface area contributed by atoms with Gasteiger partial charge in [0.15, 0.2) is 0 Å². The molecule has 1 aromatic heterocycles. The summed E-state index contributed by atoms with van der Waals surface area (Å²) in [5, 5.41) is 10.1. The van der Waals surface area contributed by atoms with Crippen molar-refractivity contribution >= 4 is 0 Å². The first kappa shape index (κ1) is 21.0. The Kier molecular flexibility index (Phi) is 7.14. The number of aliphatic hydroxyl groups is 1. The normalized spacial score (nSPS) is 24.7. The summed E-state index contributed by atoms with van der Waals surface area (Å²) >= 11 is 0. The lowest BCUT2D eigenvalue weighted by Crippen LogP contribution is -2.67. The molecule has 2 aliphatic rings. The van der Waals surface area contributed by atoms with Crippen LogP contribution in [-0.2, 0) is 11.3 Å². The van der Waals surface area contributed by atoms with Gasteiger partial charge in [-0.1, -0.05) is 24.0 Å². The fourth-order valence-electron chi connectivity index (χ4n) is 4.90. The predicted octanol–water partition coefficient (Wildman–Crippen LogP) is 2.50. The molecule has 0 amide bonds. The van der Waals surface area contributed by atoms with E-state index in [9.17, 15) is 5.11 Å². The van der Waals surface area contributed by atoms with Gasteiger partial charge in [-0.15, -0.1) is 0 Å². The van der Waals surface area contributed by atoms with E-state index in [1.54, 1.807) is 7.11 Å². The van der Waals surface area contributed by atoms with E-state index >= 15 is 0 Å². The van der Waals surface area contributed by atoms with Crippen LogP contribution >= 0.6 is 0 Å². The number of pyridine rings is 1. The summed E-state index contributed by atoms with van der Waals surface area (Å²) in [6, 6.07) is 13.4. The molecule has 0 saturated carbocycles. The molecular weight excluding hydrogens is 374 g/mol. The summed E-state index contributed by atoms with van der Waals surface area (Å²) in [7, 11) is 1.65. The van der Waals surface area contributed by atoms with Gasteiger partial charge in [0.1, 0.15) is 6.61 Å². The number of rotatable bonds is 5. The summed E-state index contributed by atoms with van der Waals surface area (Å²) in [5.41, 5.74) is 3.62. The SMILES string of the molecule is COCC#Cc1ccc([C@H]2[C@@H](CO)N3CCCCN(Cc4ccncc4)C[C@H]23)cc1. The lowest BCUT2D eigenvalue weighted by Gasteiger charge is -2.57. The molecule has 0 aliphatic carbocycles. The molecule has 2 aromatic rings. The number of hydrogen-bond acceptors (Lipinski definition) is 5. The standard InChI is InChI=1S/C25H31N3O2/c1-30-16-4-5-20-6-8-22(9-7-20)25-23-18-27(17-21-10-12-26-13-11-21)14-2-3-15-28(23)24(25)19-29/h6-13,23-25,29H,2-3,14-19H2,1H3/t23-,24-,25-/m1/s1. The molecule has 0 spiro atoms. The highest BCUT2D eigenvalue weighted by molar-refractivity contribution is 5.39. The summed E-state index contributed by atoms with van der Waals surface area (Å²) in [4.78, 5) is 9.23. The maximum absolute atomic E-state index is 10.1. The predicted molar refractivity (Wildman–Crippen MR) is 118 cm³/mol. The van der Waals surface area contributed by atoms with Crippen LogP contribution < -0.4 is 0 Å². The van der Waals surface area contributed by atoms with Crippen LogP contribution in [0.15, 0.2) is 48.8 Å². The quantitative estimate of drug-likeness (QED) is 0.775. The second-order valence-electron chi connectivity index (χ2n) is 8.24. The molecule has 1 N–H and O–H groups in total. The summed E-state index contributed by atoms with van der Waals surface area (Å²) in [6.07, 6.45) is 6.12. The van der Waals surface area contributed by atoms with Crippen LogP contribution in [0.3, 0.4) is 0 Å². The number of ether oxygens (including phenoxy) is 1. The van der Waals surface area contributed by atoms with Gasteiger partial charge >= 0.3 is 0 Å². The van der Waals surface area contributed by atoms with Crippen LogP contribution in [0.4, 0.5) is 0 Å². The molecule has 0 bridgehead atoms. The van der Waals surface area contributed by atoms with E-state index in [0.29, 0.717) is 18.6 Å². The molecule has 0 radical (unpaired) electrons. The topological polar surface area (TPSA) is 48.8 Å². The van der Waals surface area contributed by atoms with Crippen LogP contribution in [0, 0.1) is 11.8 Å². The first-order chi connectivity index (χ1) is 14.8. The fraction of sp³-hybridized carbons (Fsp3) is 0.480. The molecule has 30 heavy (non-hydrogen) atoms. The van der Waals surface area contributed by atoms with Crippen molar-refractivity contribution in [2.75, 3.05) is 40.0 Å². The molecule has 158 valence electrons. The Morgan fingerprint density at radius 2 is 1.87 bits per heavy atom. The van der Waals surface area contributed by atoms with Crippen molar-refractivity contribution in [3.63, 3.8) is 0 Å². The van der Waals surface area contributed by atoms with Gasteiger partial charge in [-0.05, 0) is 61.3 Å². The maximum atomic E-state index is 10.1. The first-order valence-corrected chi connectivity index (χ1v) is 10.9. The summed E-state index contributed by atoms with van der Waals surface area (Å²) in [5.74, 6) is 6.50. The third-order valence-electron chi connectivity index (χ3n) is 6.35. The number of nitrogens with zero attached hydrogens (tertiary/aromatic N) is 3. The third-order valence-corrected chi connectivity index (χ3v) is 6.35. The van der Waals surface area contributed by atoms with Crippen molar-refractivity contribution < 1.29 is 9.84 Å². The van der Waals surface area contributed by atoms with Gasteiger partial charge in [0, 0.05) is 56.2 Å². The van der Waals surface area contributed by atoms with Gasteiger partial charge < -0.3 is 9.84 Å². The van der Waals surface area contributed by atoms with Crippen molar-refractivity contribution in [2.45, 2.75) is 37.4 Å². The van der Waals surface area contributed by atoms with E-state index in [-0.39, 0.29) is 12.6 Å². The van der Waals surface area contributed by atoms with Crippen molar-refractivity contribution in [2.24, 2.45) is 0 Å². The summed E-state index contributed by atoms with van der Waals surface area (Å²) < 4.78 is 5.00. The lowest BCUT2D eigenvalue weighted by atomic mass is 9.74. The fourth-order valence-corrected chi connectivity index (χ4v) is 4.90. The molecule has 5 nitrogen and oxygen atoms in total.